The van der Waals surface area contributed by atoms with Gasteiger partial charge in [-0.1, -0.05) is 42.3 Å². The number of rotatable bonds is 10. The number of nitrogens with one attached hydrogen (secondary N) is 1. The number of carbonyl (C=O) groups excluding carboxylic acids is 2. The third-order valence-corrected chi connectivity index (χ3v) is 6.97. The summed E-state index contributed by atoms with van der Waals surface area (Å²) < 4.78 is 39.4. The molecule has 0 aliphatic heterocycles. The standard InChI is InChI=1S/C23H28Cl2FN3O4S/c1-5-15(2)27-23(31)16(3)28(13-17-6-9-19(26)10-7-17)22(30)14-29(34(4,32)33)21-12-18(24)8-11-20(21)25/h6-12,15-16H,5,13-14H2,1-4H3,(H,27,31)/t15-,16+/m1/s1. The van der Waals surface area contributed by atoms with Crippen LogP contribution in [0.15, 0.2) is 42.5 Å². The van der Waals surface area contributed by atoms with Crippen LogP contribution in [0, 0.1) is 5.82 Å². The Bertz CT molecular complexity index is 1130. The summed E-state index contributed by atoms with van der Waals surface area (Å²) >= 11 is 12.2. The highest BCUT2D eigenvalue weighted by Crippen LogP contribution is 2.31. The maximum Gasteiger partial charge on any atom is 0.244 e. The van der Waals surface area contributed by atoms with Gasteiger partial charge in [-0.15, -0.1) is 0 Å². The number of benzene rings is 2. The fourth-order valence-corrected chi connectivity index (χ4v) is 4.40. The van der Waals surface area contributed by atoms with E-state index in [-0.39, 0.29) is 28.3 Å². The van der Waals surface area contributed by atoms with E-state index in [1.807, 2.05) is 13.8 Å². The smallest absolute Gasteiger partial charge is 0.244 e. The van der Waals surface area contributed by atoms with Gasteiger partial charge < -0.3 is 10.2 Å². The molecule has 7 nitrogen and oxygen atoms in total. The fraction of sp³-hybridized carbons (Fsp3) is 0.391. The molecule has 0 heterocycles. The van der Waals surface area contributed by atoms with E-state index in [9.17, 15) is 22.4 Å². The summed E-state index contributed by atoms with van der Waals surface area (Å²) in [5.41, 5.74) is 0.619. The predicted octanol–water partition coefficient (Wildman–Crippen LogP) is 4.23. The molecule has 0 spiro atoms. The summed E-state index contributed by atoms with van der Waals surface area (Å²) in [6.07, 6.45) is 1.64. The lowest BCUT2D eigenvalue weighted by Gasteiger charge is -2.32. The zero-order valence-electron chi connectivity index (χ0n) is 19.4. The first-order valence-electron chi connectivity index (χ1n) is 10.6. The van der Waals surface area contributed by atoms with Crippen molar-refractivity contribution < 1.29 is 22.4 Å². The van der Waals surface area contributed by atoms with Crippen molar-refractivity contribution in [2.75, 3.05) is 17.1 Å². The van der Waals surface area contributed by atoms with Gasteiger partial charge in [0.25, 0.3) is 0 Å². The third-order valence-electron chi connectivity index (χ3n) is 5.29. The van der Waals surface area contributed by atoms with E-state index in [1.165, 1.54) is 47.4 Å². The molecule has 0 saturated carbocycles. The zero-order valence-corrected chi connectivity index (χ0v) is 21.7. The lowest BCUT2D eigenvalue weighted by atomic mass is 10.1. The van der Waals surface area contributed by atoms with E-state index >= 15 is 0 Å². The maximum atomic E-state index is 13.4. The van der Waals surface area contributed by atoms with Crippen LogP contribution in [0.3, 0.4) is 0 Å². The molecular weight excluding hydrogens is 504 g/mol. The Balaban J connectivity index is 2.42. The molecule has 0 aromatic heterocycles. The maximum absolute atomic E-state index is 13.4. The lowest BCUT2D eigenvalue weighted by Crippen LogP contribution is -2.52. The molecule has 2 rings (SSSR count). The number of hydrogen-bond acceptors (Lipinski definition) is 4. The predicted molar refractivity (Wildman–Crippen MR) is 133 cm³/mol. The fourth-order valence-electron chi connectivity index (χ4n) is 3.11. The van der Waals surface area contributed by atoms with Crippen molar-refractivity contribution in [1.82, 2.24) is 10.2 Å². The van der Waals surface area contributed by atoms with E-state index in [0.717, 1.165) is 10.6 Å². The van der Waals surface area contributed by atoms with Crippen LogP contribution < -0.4 is 9.62 Å². The Hall–Kier alpha value is -2.36. The van der Waals surface area contributed by atoms with Crippen LogP contribution >= 0.6 is 23.2 Å². The lowest BCUT2D eigenvalue weighted by molar-refractivity contribution is -0.139. The van der Waals surface area contributed by atoms with Crippen LogP contribution in [0.2, 0.25) is 10.0 Å². The molecule has 0 bridgehead atoms. The van der Waals surface area contributed by atoms with E-state index in [0.29, 0.717) is 12.0 Å². The molecule has 2 aromatic rings. The molecule has 0 radical (unpaired) electrons. The first-order valence-corrected chi connectivity index (χ1v) is 13.2. The first-order chi connectivity index (χ1) is 15.8. The second-order valence-electron chi connectivity index (χ2n) is 8.01. The van der Waals surface area contributed by atoms with Gasteiger partial charge in [0.05, 0.1) is 17.0 Å². The SMILES string of the molecule is CC[C@@H](C)NC(=O)[C@H](C)N(Cc1ccc(F)cc1)C(=O)CN(c1cc(Cl)ccc1Cl)S(C)(=O)=O. The number of hydrogen-bond donors (Lipinski definition) is 1. The molecule has 11 heteroatoms. The quantitative estimate of drug-likeness (QED) is 0.496. The topological polar surface area (TPSA) is 86.8 Å². The molecule has 2 aromatic carbocycles. The summed E-state index contributed by atoms with van der Waals surface area (Å²) in [6, 6.07) is 8.72. The van der Waals surface area contributed by atoms with Crippen molar-refractivity contribution in [2.45, 2.75) is 45.8 Å². The van der Waals surface area contributed by atoms with E-state index in [4.69, 9.17) is 23.2 Å². The minimum atomic E-state index is -3.94. The van der Waals surface area contributed by atoms with Crippen molar-refractivity contribution in [2.24, 2.45) is 0 Å². The largest absolute Gasteiger partial charge is 0.352 e. The highest BCUT2D eigenvalue weighted by molar-refractivity contribution is 7.92. The monoisotopic (exact) mass is 531 g/mol. The van der Waals surface area contributed by atoms with E-state index < -0.39 is 40.2 Å². The Morgan fingerprint density at radius 2 is 1.71 bits per heavy atom. The van der Waals surface area contributed by atoms with Crippen LogP contribution in [0.4, 0.5) is 10.1 Å². The highest BCUT2D eigenvalue weighted by Gasteiger charge is 2.31. The molecule has 0 saturated heterocycles. The summed E-state index contributed by atoms with van der Waals surface area (Å²) in [5.74, 6) is -1.47. The van der Waals surface area contributed by atoms with Crippen LogP contribution in [0.25, 0.3) is 0 Å². The Labute approximate surface area is 209 Å². The molecule has 34 heavy (non-hydrogen) atoms. The third kappa shape index (κ3) is 7.58. The summed E-state index contributed by atoms with van der Waals surface area (Å²) in [4.78, 5) is 27.5. The van der Waals surface area contributed by atoms with Gasteiger partial charge in [0, 0.05) is 17.6 Å². The van der Waals surface area contributed by atoms with Gasteiger partial charge in [0.2, 0.25) is 21.8 Å². The number of halogens is 3. The van der Waals surface area contributed by atoms with Crippen molar-refractivity contribution in [3.8, 4) is 0 Å². The molecular formula is C23H28Cl2FN3O4S. The number of sulfonamides is 1. The minimum absolute atomic E-state index is 0.0327. The number of anilines is 1. The van der Waals surface area contributed by atoms with Crippen LogP contribution in [-0.4, -0.2) is 50.0 Å². The van der Waals surface area contributed by atoms with Crippen LogP contribution in [0.1, 0.15) is 32.8 Å². The summed E-state index contributed by atoms with van der Waals surface area (Å²) in [7, 11) is -3.94. The highest BCUT2D eigenvalue weighted by atomic mass is 35.5. The van der Waals surface area contributed by atoms with Crippen LogP contribution in [-0.2, 0) is 26.2 Å². The van der Waals surface area contributed by atoms with Gasteiger partial charge in [-0.3, -0.25) is 13.9 Å². The average Bonchev–Trinajstić information content (AvgIpc) is 2.77. The number of carbonyl (C=O) groups is 2. The second kappa shape index (κ2) is 11.9. The first kappa shape index (κ1) is 27.9. The molecule has 0 unspecified atom stereocenters. The van der Waals surface area contributed by atoms with Gasteiger partial charge >= 0.3 is 0 Å². The van der Waals surface area contributed by atoms with Gasteiger partial charge in [0.15, 0.2) is 0 Å². The molecule has 1 N–H and O–H groups in total. The summed E-state index contributed by atoms with van der Waals surface area (Å²) in [6.45, 7) is 4.66. The van der Waals surface area contributed by atoms with Gasteiger partial charge in [-0.2, -0.15) is 0 Å². The second-order valence-corrected chi connectivity index (χ2v) is 10.8. The molecule has 186 valence electrons. The van der Waals surface area contributed by atoms with Crippen molar-refractivity contribution >= 4 is 50.7 Å². The van der Waals surface area contributed by atoms with E-state index in [2.05, 4.69) is 5.32 Å². The number of nitrogens with zero attached hydrogens (tertiary/aromatic N) is 2. The molecule has 0 aliphatic carbocycles. The number of amides is 2. The normalized spacial score (nSPS) is 13.1. The Morgan fingerprint density at radius 3 is 2.26 bits per heavy atom. The van der Waals surface area contributed by atoms with Crippen LogP contribution in [0.5, 0.6) is 0 Å². The Morgan fingerprint density at radius 1 is 1.09 bits per heavy atom. The minimum Gasteiger partial charge on any atom is -0.352 e. The van der Waals surface area contributed by atoms with Gasteiger partial charge in [-0.05, 0) is 56.2 Å². The van der Waals surface area contributed by atoms with Crippen molar-refractivity contribution in [3.63, 3.8) is 0 Å². The molecule has 0 fully saturated rings. The van der Waals surface area contributed by atoms with Crippen molar-refractivity contribution in [1.29, 1.82) is 0 Å². The molecule has 0 aliphatic rings. The molecule has 2 atom stereocenters. The van der Waals surface area contributed by atoms with Gasteiger partial charge in [-0.25, -0.2) is 12.8 Å². The van der Waals surface area contributed by atoms with E-state index in [1.54, 1.807) is 6.92 Å². The van der Waals surface area contributed by atoms with Crippen molar-refractivity contribution in [3.05, 3.63) is 63.9 Å². The Kier molecular flexibility index (Phi) is 9.73. The van der Waals surface area contributed by atoms with Gasteiger partial charge in [0.1, 0.15) is 18.4 Å². The summed E-state index contributed by atoms with van der Waals surface area (Å²) in [5, 5.41) is 3.16. The average molecular weight is 532 g/mol. The zero-order chi connectivity index (χ0) is 25.6. The molecule has 2 amide bonds.